The maximum atomic E-state index is 4.02. The molecule has 60 valence electrons. The predicted molar refractivity (Wildman–Crippen MR) is 53.2 cm³/mol. The number of H-pyrrole nitrogens is 1. The normalized spacial score (nSPS) is 10.0. The molecule has 0 bridgehead atoms. The fourth-order valence-corrected chi connectivity index (χ4v) is 1.81. The molecule has 0 amide bonds. The van der Waals surface area contributed by atoms with Gasteiger partial charge in [-0.3, -0.25) is 0 Å². The molecule has 2 heteroatoms. The van der Waals surface area contributed by atoms with Gasteiger partial charge in [0.25, 0.3) is 0 Å². The van der Waals surface area contributed by atoms with Gasteiger partial charge in [0.2, 0.25) is 0 Å². The maximum Gasteiger partial charge on any atom is 0.0462 e. The predicted octanol–water partition coefficient (Wildman–Crippen LogP) is 3.14. The molecule has 0 spiro atoms. The minimum absolute atomic E-state index is 1.06. The van der Waals surface area contributed by atoms with Crippen LogP contribution in [0.4, 0.5) is 0 Å². The van der Waals surface area contributed by atoms with Gasteiger partial charge in [0, 0.05) is 22.3 Å². The minimum atomic E-state index is 1.06. The van der Waals surface area contributed by atoms with Gasteiger partial charge >= 0.3 is 0 Å². The SMILES string of the molecule is C=C(c1ccc[nH]1)c1cccs1. The average Bonchev–Trinajstić information content (AvgIpc) is 2.77. The van der Waals surface area contributed by atoms with Crippen molar-refractivity contribution >= 4 is 16.9 Å². The smallest absolute Gasteiger partial charge is 0.0462 e. The van der Waals surface area contributed by atoms with Gasteiger partial charge in [0.1, 0.15) is 0 Å². The van der Waals surface area contributed by atoms with E-state index in [0.717, 1.165) is 11.3 Å². The van der Waals surface area contributed by atoms with Crippen molar-refractivity contribution in [1.82, 2.24) is 4.98 Å². The zero-order chi connectivity index (χ0) is 8.39. The van der Waals surface area contributed by atoms with Crippen molar-refractivity contribution in [3.63, 3.8) is 0 Å². The van der Waals surface area contributed by atoms with E-state index >= 15 is 0 Å². The van der Waals surface area contributed by atoms with E-state index in [4.69, 9.17) is 0 Å². The third-order valence-corrected chi connectivity index (χ3v) is 2.67. The molecular weight excluding hydrogens is 166 g/mol. The summed E-state index contributed by atoms with van der Waals surface area (Å²) < 4.78 is 0. The first kappa shape index (κ1) is 7.37. The molecule has 0 aliphatic carbocycles. The van der Waals surface area contributed by atoms with Crippen molar-refractivity contribution in [1.29, 1.82) is 0 Å². The standard InChI is InChI=1S/C10H9NS/c1-8(9-4-2-6-11-9)10-5-3-7-12-10/h2-7,11H,1H2. The van der Waals surface area contributed by atoms with Gasteiger partial charge in [-0.15, -0.1) is 11.3 Å². The van der Waals surface area contributed by atoms with E-state index in [9.17, 15) is 0 Å². The largest absolute Gasteiger partial charge is 0.361 e. The average molecular weight is 175 g/mol. The molecule has 0 aromatic carbocycles. The monoisotopic (exact) mass is 175 g/mol. The summed E-state index contributed by atoms with van der Waals surface area (Å²) in [6, 6.07) is 8.12. The van der Waals surface area contributed by atoms with Crippen LogP contribution in [0.3, 0.4) is 0 Å². The van der Waals surface area contributed by atoms with Crippen molar-refractivity contribution in [3.05, 3.63) is 53.0 Å². The molecule has 0 fully saturated rings. The van der Waals surface area contributed by atoms with Crippen LogP contribution in [0, 0.1) is 0 Å². The molecular formula is C10H9NS. The second kappa shape index (κ2) is 2.99. The lowest BCUT2D eigenvalue weighted by Crippen LogP contribution is -1.80. The van der Waals surface area contributed by atoms with E-state index in [-0.39, 0.29) is 0 Å². The van der Waals surface area contributed by atoms with Crippen LogP contribution < -0.4 is 0 Å². The number of hydrogen-bond donors (Lipinski definition) is 1. The molecule has 0 unspecified atom stereocenters. The van der Waals surface area contributed by atoms with Crippen molar-refractivity contribution in [2.45, 2.75) is 0 Å². The van der Waals surface area contributed by atoms with Crippen molar-refractivity contribution in [2.24, 2.45) is 0 Å². The Morgan fingerprint density at radius 1 is 1.33 bits per heavy atom. The van der Waals surface area contributed by atoms with Crippen LogP contribution in [-0.4, -0.2) is 4.98 Å². The quantitative estimate of drug-likeness (QED) is 0.721. The second-order valence-electron chi connectivity index (χ2n) is 2.54. The maximum absolute atomic E-state index is 4.02. The molecule has 2 aromatic rings. The highest BCUT2D eigenvalue weighted by Crippen LogP contribution is 2.23. The van der Waals surface area contributed by atoms with Gasteiger partial charge in [-0.2, -0.15) is 0 Å². The highest BCUT2D eigenvalue weighted by Gasteiger charge is 2.02. The zero-order valence-corrected chi connectivity index (χ0v) is 7.40. The Kier molecular flexibility index (Phi) is 1.84. The molecule has 1 N–H and O–H groups in total. The number of aromatic amines is 1. The summed E-state index contributed by atoms with van der Waals surface area (Å²) in [5.74, 6) is 0. The van der Waals surface area contributed by atoms with Crippen LogP contribution >= 0.6 is 11.3 Å². The number of rotatable bonds is 2. The second-order valence-corrected chi connectivity index (χ2v) is 3.49. The summed E-state index contributed by atoms with van der Waals surface area (Å²) in [6.45, 7) is 4.02. The highest BCUT2D eigenvalue weighted by molar-refractivity contribution is 7.11. The Hall–Kier alpha value is -1.28. The van der Waals surface area contributed by atoms with E-state index in [1.807, 2.05) is 24.4 Å². The third kappa shape index (κ3) is 1.21. The number of aromatic nitrogens is 1. The Morgan fingerprint density at radius 3 is 2.83 bits per heavy atom. The van der Waals surface area contributed by atoms with Crippen LogP contribution in [0.15, 0.2) is 42.4 Å². The third-order valence-electron chi connectivity index (χ3n) is 1.74. The van der Waals surface area contributed by atoms with E-state index < -0.39 is 0 Å². The summed E-state index contributed by atoms with van der Waals surface area (Å²) in [4.78, 5) is 4.35. The van der Waals surface area contributed by atoms with Gasteiger partial charge < -0.3 is 4.98 Å². The lowest BCUT2D eigenvalue weighted by Gasteiger charge is -1.97. The molecule has 0 aliphatic rings. The van der Waals surface area contributed by atoms with Crippen molar-refractivity contribution < 1.29 is 0 Å². The molecule has 2 aromatic heterocycles. The zero-order valence-electron chi connectivity index (χ0n) is 6.58. The first-order valence-corrected chi connectivity index (χ1v) is 4.62. The van der Waals surface area contributed by atoms with Gasteiger partial charge in [0.15, 0.2) is 0 Å². The Morgan fingerprint density at radius 2 is 2.25 bits per heavy atom. The molecule has 0 radical (unpaired) electrons. The molecule has 0 saturated carbocycles. The van der Waals surface area contributed by atoms with E-state index in [2.05, 4.69) is 23.0 Å². The summed E-state index contributed by atoms with van der Waals surface area (Å²) in [5, 5.41) is 2.06. The van der Waals surface area contributed by atoms with Gasteiger partial charge in [-0.1, -0.05) is 12.6 Å². The van der Waals surface area contributed by atoms with Crippen molar-refractivity contribution in [3.8, 4) is 0 Å². The van der Waals surface area contributed by atoms with E-state index in [1.165, 1.54) is 4.88 Å². The molecule has 12 heavy (non-hydrogen) atoms. The molecule has 0 aliphatic heterocycles. The Bertz CT molecular complexity index is 320. The van der Waals surface area contributed by atoms with E-state index in [0.29, 0.717) is 0 Å². The Labute approximate surface area is 75.4 Å². The van der Waals surface area contributed by atoms with Crippen LogP contribution in [0.5, 0.6) is 0 Å². The highest BCUT2D eigenvalue weighted by atomic mass is 32.1. The number of thiophene rings is 1. The number of hydrogen-bond acceptors (Lipinski definition) is 1. The van der Waals surface area contributed by atoms with Crippen LogP contribution in [0.2, 0.25) is 0 Å². The summed E-state index contributed by atoms with van der Waals surface area (Å²) in [7, 11) is 0. The topological polar surface area (TPSA) is 15.8 Å². The summed E-state index contributed by atoms with van der Waals surface area (Å²) >= 11 is 1.71. The summed E-state index contributed by atoms with van der Waals surface area (Å²) in [6.07, 6.45) is 1.91. The lowest BCUT2D eigenvalue weighted by molar-refractivity contribution is 1.36. The molecule has 0 atom stereocenters. The molecule has 2 rings (SSSR count). The number of nitrogens with one attached hydrogen (secondary N) is 1. The van der Waals surface area contributed by atoms with Crippen LogP contribution in [0.1, 0.15) is 10.6 Å². The van der Waals surface area contributed by atoms with Gasteiger partial charge in [-0.05, 0) is 23.6 Å². The molecule has 1 nitrogen and oxygen atoms in total. The van der Waals surface area contributed by atoms with E-state index in [1.54, 1.807) is 11.3 Å². The fraction of sp³-hybridized carbons (Fsp3) is 0. The van der Waals surface area contributed by atoms with Gasteiger partial charge in [-0.25, -0.2) is 0 Å². The molecule has 2 heterocycles. The van der Waals surface area contributed by atoms with Gasteiger partial charge in [0.05, 0.1) is 0 Å². The Balaban J connectivity index is 2.34. The first-order valence-electron chi connectivity index (χ1n) is 3.74. The van der Waals surface area contributed by atoms with Crippen LogP contribution in [-0.2, 0) is 0 Å². The fourth-order valence-electron chi connectivity index (χ4n) is 1.10. The first-order chi connectivity index (χ1) is 5.88. The van der Waals surface area contributed by atoms with Crippen molar-refractivity contribution in [2.75, 3.05) is 0 Å². The lowest BCUT2D eigenvalue weighted by atomic mass is 10.2. The van der Waals surface area contributed by atoms with Crippen LogP contribution in [0.25, 0.3) is 5.57 Å². The summed E-state index contributed by atoms with van der Waals surface area (Å²) in [5.41, 5.74) is 2.16. The minimum Gasteiger partial charge on any atom is -0.361 e. The molecule has 0 saturated heterocycles.